The Bertz CT molecular complexity index is 716. The number of carboxylic acid groups (broad SMARTS) is 1. The van der Waals surface area contributed by atoms with Gasteiger partial charge in [0.05, 0.1) is 0 Å². The number of para-hydroxylation sites is 1. The van der Waals surface area contributed by atoms with Crippen LogP contribution in [0.1, 0.15) is 19.4 Å². The second-order valence-electron chi connectivity index (χ2n) is 6.33. The summed E-state index contributed by atoms with van der Waals surface area (Å²) in [6.07, 6.45) is 0.729. The highest BCUT2D eigenvalue weighted by atomic mass is 35.5. The summed E-state index contributed by atoms with van der Waals surface area (Å²) >= 11 is 5.83. The van der Waals surface area contributed by atoms with E-state index >= 15 is 0 Å². The molecule has 2 aromatic rings. The molecule has 0 unspecified atom stereocenters. The topological polar surface area (TPSA) is 67.8 Å². The Kier molecular flexibility index (Phi) is 7.30. The fraction of sp³-hybridized carbons (Fsp3) is 0.350. The van der Waals surface area contributed by atoms with Crippen molar-refractivity contribution in [2.75, 3.05) is 19.7 Å². The second kappa shape index (κ2) is 9.46. The number of carboxylic acids is 1. The van der Waals surface area contributed by atoms with Gasteiger partial charge in [-0.15, -0.1) is 0 Å². The third-order valence-corrected chi connectivity index (χ3v) is 4.04. The number of hydrogen-bond acceptors (Lipinski definition) is 4. The number of ether oxygens (including phenoxy) is 2. The molecule has 0 bridgehead atoms. The zero-order chi connectivity index (χ0) is 19.0. The molecule has 140 valence electrons. The molecule has 0 saturated carbocycles. The van der Waals surface area contributed by atoms with Gasteiger partial charge >= 0.3 is 5.97 Å². The fourth-order valence-electron chi connectivity index (χ4n) is 2.25. The molecule has 0 aliphatic heterocycles. The van der Waals surface area contributed by atoms with Crippen LogP contribution in [0.25, 0.3) is 0 Å². The Morgan fingerprint density at radius 1 is 1.12 bits per heavy atom. The summed E-state index contributed by atoms with van der Waals surface area (Å²) in [7, 11) is 0. The summed E-state index contributed by atoms with van der Waals surface area (Å²) in [5, 5.41) is 13.2. The van der Waals surface area contributed by atoms with Crippen LogP contribution in [-0.4, -0.2) is 36.4 Å². The van der Waals surface area contributed by atoms with Crippen LogP contribution in [0, 0.1) is 0 Å². The van der Waals surface area contributed by atoms with Crippen molar-refractivity contribution in [3.8, 4) is 11.5 Å². The lowest BCUT2D eigenvalue weighted by molar-refractivity contribution is -0.152. The number of hydrogen-bond donors (Lipinski definition) is 2. The van der Waals surface area contributed by atoms with Crippen molar-refractivity contribution in [3.63, 3.8) is 0 Å². The van der Waals surface area contributed by atoms with Crippen molar-refractivity contribution in [1.82, 2.24) is 5.32 Å². The molecule has 0 atom stereocenters. The van der Waals surface area contributed by atoms with Gasteiger partial charge in [-0.1, -0.05) is 29.8 Å². The fourth-order valence-corrected chi connectivity index (χ4v) is 2.37. The highest BCUT2D eigenvalue weighted by molar-refractivity contribution is 6.30. The quantitative estimate of drug-likeness (QED) is 0.616. The van der Waals surface area contributed by atoms with E-state index in [1.54, 1.807) is 32.0 Å². The number of rotatable bonds is 10. The highest BCUT2D eigenvalue weighted by Gasteiger charge is 2.30. The first-order valence-electron chi connectivity index (χ1n) is 8.48. The van der Waals surface area contributed by atoms with Crippen LogP contribution in [0.15, 0.2) is 48.5 Å². The standard InChI is InChI=1S/C20H24ClNO4/c1-20(2,19(23)24)26-18-6-4-3-5-15(18)11-12-22-13-14-25-17-9-7-16(21)8-10-17/h3-10,22H,11-14H2,1-2H3,(H,23,24). The normalized spacial score (nSPS) is 11.2. The van der Waals surface area contributed by atoms with E-state index in [4.69, 9.17) is 21.1 Å². The van der Waals surface area contributed by atoms with E-state index in [1.165, 1.54) is 0 Å². The van der Waals surface area contributed by atoms with E-state index < -0.39 is 11.6 Å². The number of nitrogens with one attached hydrogen (secondary N) is 1. The van der Waals surface area contributed by atoms with Gasteiger partial charge in [0.15, 0.2) is 5.60 Å². The van der Waals surface area contributed by atoms with Crippen molar-refractivity contribution in [1.29, 1.82) is 0 Å². The van der Waals surface area contributed by atoms with E-state index in [2.05, 4.69) is 5.32 Å². The van der Waals surface area contributed by atoms with Crippen LogP contribution in [0.2, 0.25) is 5.02 Å². The number of benzene rings is 2. The molecule has 0 heterocycles. The van der Waals surface area contributed by atoms with E-state index in [9.17, 15) is 9.90 Å². The molecule has 0 spiro atoms. The largest absolute Gasteiger partial charge is 0.492 e. The predicted octanol–water partition coefficient (Wildman–Crippen LogP) is 3.79. The van der Waals surface area contributed by atoms with Gasteiger partial charge in [0, 0.05) is 11.6 Å². The molecule has 0 amide bonds. The summed E-state index contributed by atoms with van der Waals surface area (Å²) in [5.41, 5.74) is -0.302. The Hall–Kier alpha value is -2.24. The average molecular weight is 378 g/mol. The molecular formula is C20H24ClNO4. The van der Waals surface area contributed by atoms with E-state index in [0.717, 1.165) is 24.3 Å². The molecule has 0 aliphatic rings. The van der Waals surface area contributed by atoms with Crippen molar-refractivity contribution < 1.29 is 19.4 Å². The molecule has 2 rings (SSSR count). The summed E-state index contributed by atoms with van der Waals surface area (Å²) in [6, 6.07) is 14.7. The molecule has 0 aromatic heterocycles. The molecule has 0 radical (unpaired) electrons. The smallest absolute Gasteiger partial charge is 0.347 e. The van der Waals surface area contributed by atoms with Crippen molar-refractivity contribution >= 4 is 17.6 Å². The first-order chi connectivity index (χ1) is 12.4. The van der Waals surface area contributed by atoms with Gasteiger partial charge in [-0.05, 0) is 62.7 Å². The van der Waals surface area contributed by atoms with E-state index in [1.807, 2.05) is 30.3 Å². The Balaban J connectivity index is 1.75. The van der Waals surface area contributed by atoms with Crippen molar-refractivity contribution in [2.24, 2.45) is 0 Å². The predicted molar refractivity (Wildman–Crippen MR) is 102 cm³/mol. The molecule has 2 N–H and O–H groups in total. The summed E-state index contributed by atoms with van der Waals surface area (Å²) in [6.45, 7) is 5.06. The van der Waals surface area contributed by atoms with Gasteiger partial charge < -0.3 is 19.9 Å². The first kappa shape index (κ1) is 20.1. The minimum Gasteiger partial charge on any atom is -0.492 e. The lowest BCUT2D eigenvalue weighted by Crippen LogP contribution is -2.38. The van der Waals surface area contributed by atoms with Gasteiger partial charge in [0.1, 0.15) is 18.1 Å². The zero-order valence-corrected chi connectivity index (χ0v) is 15.8. The van der Waals surface area contributed by atoms with Crippen LogP contribution in [0.4, 0.5) is 0 Å². The van der Waals surface area contributed by atoms with Gasteiger partial charge in [-0.3, -0.25) is 0 Å². The number of aliphatic carboxylic acids is 1. The summed E-state index contributed by atoms with van der Waals surface area (Å²) in [5.74, 6) is 0.384. The van der Waals surface area contributed by atoms with Crippen molar-refractivity contribution in [2.45, 2.75) is 25.9 Å². The molecule has 5 nitrogen and oxygen atoms in total. The molecule has 0 aliphatic carbocycles. The molecule has 26 heavy (non-hydrogen) atoms. The molecular weight excluding hydrogens is 354 g/mol. The Labute approximate surface area is 158 Å². The minimum atomic E-state index is -1.27. The lowest BCUT2D eigenvalue weighted by Gasteiger charge is -2.23. The summed E-state index contributed by atoms with van der Waals surface area (Å²) in [4.78, 5) is 11.2. The molecule has 0 saturated heterocycles. The SMILES string of the molecule is CC(C)(Oc1ccccc1CCNCCOc1ccc(Cl)cc1)C(=O)O. The summed E-state index contributed by atoms with van der Waals surface area (Å²) < 4.78 is 11.3. The van der Waals surface area contributed by atoms with Crippen LogP contribution in [-0.2, 0) is 11.2 Å². The van der Waals surface area contributed by atoms with Crippen LogP contribution in [0.3, 0.4) is 0 Å². The lowest BCUT2D eigenvalue weighted by atomic mass is 10.1. The monoisotopic (exact) mass is 377 g/mol. The van der Waals surface area contributed by atoms with Crippen LogP contribution < -0.4 is 14.8 Å². The average Bonchev–Trinajstić information content (AvgIpc) is 2.60. The van der Waals surface area contributed by atoms with Crippen LogP contribution >= 0.6 is 11.6 Å². The molecule has 2 aromatic carbocycles. The van der Waals surface area contributed by atoms with Crippen molar-refractivity contribution in [3.05, 3.63) is 59.1 Å². The maximum Gasteiger partial charge on any atom is 0.347 e. The Morgan fingerprint density at radius 2 is 1.81 bits per heavy atom. The highest BCUT2D eigenvalue weighted by Crippen LogP contribution is 2.23. The second-order valence-corrected chi connectivity index (χ2v) is 6.76. The number of carbonyl (C=O) groups is 1. The third kappa shape index (κ3) is 6.24. The van der Waals surface area contributed by atoms with Gasteiger partial charge in [-0.25, -0.2) is 4.79 Å². The maximum absolute atomic E-state index is 11.2. The molecule has 0 fully saturated rings. The zero-order valence-electron chi connectivity index (χ0n) is 15.0. The first-order valence-corrected chi connectivity index (χ1v) is 8.86. The van der Waals surface area contributed by atoms with Gasteiger partial charge in [-0.2, -0.15) is 0 Å². The minimum absolute atomic E-state index is 0.547. The van der Waals surface area contributed by atoms with E-state index in [0.29, 0.717) is 23.9 Å². The molecule has 6 heteroatoms. The van der Waals surface area contributed by atoms with E-state index in [-0.39, 0.29) is 0 Å². The van der Waals surface area contributed by atoms with Gasteiger partial charge in [0.2, 0.25) is 0 Å². The number of halogens is 1. The van der Waals surface area contributed by atoms with Gasteiger partial charge in [0.25, 0.3) is 0 Å². The third-order valence-electron chi connectivity index (χ3n) is 3.79. The maximum atomic E-state index is 11.2. The van der Waals surface area contributed by atoms with Crippen LogP contribution in [0.5, 0.6) is 11.5 Å². The Morgan fingerprint density at radius 3 is 2.50 bits per heavy atom.